The second-order valence-corrected chi connectivity index (χ2v) is 8.32. The van der Waals surface area contributed by atoms with Gasteiger partial charge in [0.1, 0.15) is 17.4 Å². The average Bonchev–Trinajstić information content (AvgIpc) is 2.87. The molecule has 2 aliphatic heterocycles. The highest BCUT2D eigenvalue weighted by atomic mass is 16.5. The molecular weight excluding hydrogens is 452 g/mol. The Balaban J connectivity index is 1.87. The van der Waals surface area contributed by atoms with Gasteiger partial charge in [0, 0.05) is 43.5 Å². The van der Waals surface area contributed by atoms with Crippen molar-refractivity contribution < 1.29 is 23.7 Å². The smallest absolute Gasteiger partial charge is 0.258 e. The highest BCUT2D eigenvalue weighted by Gasteiger charge is 2.37. The third kappa shape index (κ3) is 4.40. The Kier molecular flexibility index (Phi) is 7.19. The number of aryl methyl sites for hydroxylation is 1. The lowest BCUT2D eigenvalue weighted by molar-refractivity contribution is 0.0362. The third-order valence-electron chi connectivity index (χ3n) is 6.48. The fraction of sp³-hybridized carbons (Fsp3) is 0.440. The van der Waals surface area contributed by atoms with Gasteiger partial charge in [0.15, 0.2) is 11.5 Å². The van der Waals surface area contributed by atoms with E-state index in [-0.39, 0.29) is 17.0 Å². The quantitative estimate of drug-likeness (QED) is 0.629. The second-order valence-electron chi connectivity index (χ2n) is 8.32. The number of rotatable bonds is 7. The van der Waals surface area contributed by atoms with Gasteiger partial charge in [0.05, 0.1) is 46.0 Å². The molecule has 0 saturated carbocycles. The Morgan fingerprint density at radius 2 is 1.83 bits per heavy atom. The standard InChI is InChI=1S/C25H30N4O6/c1-15-13-19-21(25(30)29(15)8-7-28-9-11-34-12-10-28)20(17(14-26)24(27)35-19)16-5-6-18(31-2)23(33-4)22(16)32-3/h5-6,13,20H,7-12,27H2,1-4H3/t20-/m0/s1. The lowest BCUT2D eigenvalue weighted by Gasteiger charge is -2.30. The summed E-state index contributed by atoms with van der Waals surface area (Å²) < 4.78 is 29.5. The number of pyridine rings is 1. The van der Waals surface area contributed by atoms with Gasteiger partial charge in [0.25, 0.3) is 5.56 Å². The van der Waals surface area contributed by atoms with Gasteiger partial charge in [-0.1, -0.05) is 6.07 Å². The summed E-state index contributed by atoms with van der Waals surface area (Å²) >= 11 is 0. The molecule has 1 fully saturated rings. The molecule has 1 atom stereocenters. The molecule has 4 rings (SSSR count). The van der Waals surface area contributed by atoms with Crippen LogP contribution in [-0.4, -0.2) is 63.6 Å². The van der Waals surface area contributed by atoms with E-state index >= 15 is 0 Å². The zero-order valence-electron chi connectivity index (χ0n) is 20.4. The normalized spacial score (nSPS) is 17.9. The molecule has 0 amide bonds. The molecule has 186 valence electrons. The first-order valence-electron chi connectivity index (χ1n) is 11.4. The van der Waals surface area contributed by atoms with E-state index in [0.717, 1.165) is 18.8 Å². The number of fused-ring (bicyclic) bond motifs is 1. The minimum absolute atomic E-state index is 0.0493. The van der Waals surface area contributed by atoms with Gasteiger partial charge in [-0.15, -0.1) is 0 Å². The van der Waals surface area contributed by atoms with Crippen LogP contribution in [0.4, 0.5) is 0 Å². The van der Waals surface area contributed by atoms with Crippen LogP contribution in [0.3, 0.4) is 0 Å². The van der Waals surface area contributed by atoms with Crippen LogP contribution in [-0.2, 0) is 11.3 Å². The van der Waals surface area contributed by atoms with Gasteiger partial charge >= 0.3 is 0 Å². The van der Waals surface area contributed by atoms with Gasteiger partial charge < -0.3 is 34.0 Å². The highest BCUT2D eigenvalue weighted by Crippen LogP contribution is 2.48. The first-order chi connectivity index (χ1) is 16.9. The van der Waals surface area contributed by atoms with Crippen molar-refractivity contribution in [2.24, 2.45) is 5.73 Å². The van der Waals surface area contributed by atoms with Crippen LogP contribution in [0.2, 0.25) is 0 Å². The second kappa shape index (κ2) is 10.3. The molecule has 0 aliphatic carbocycles. The van der Waals surface area contributed by atoms with Gasteiger partial charge in [0.2, 0.25) is 11.6 Å². The highest BCUT2D eigenvalue weighted by molar-refractivity contribution is 5.64. The van der Waals surface area contributed by atoms with Crippen molar-refractivity contribution in [1.29, 1.82) is 5.26 Å². The number of ether oxygens (including phenoxy) is 5. The molecule has 0 radical (unpaired) electrons. The number of nitrogens with two attached hydrogens (primary N) is 1. The molecule has 1 aromatic heterocycles. The number of hydrogen-bond donors (Lipinski definition) is 1. The largest absolute Gasteiger partial charge is 0.493 e. The fourth-order valence-electron chi connectivity index (χ4n) is 4.69. The van der Waals surface area contributed by atoms with Gasteiger partial charge in [-0.05, 0) is 13.0 Å². The molecular formula is C25H30N4O6. The molecule has 2 aromatic rings. The molecule has 0 unspecified atom stereocenters. The Hall–Kier alpha value is -3.68. The number of morpholine rings is 1. The van der Waals surface area contributed by atoms with Crippen molar-refractivity contribution in [3.05, 3.63) is 56.8 Å². The summed E-state index contributed by atoms with van der Waals surface area (Å²) in [7, 11) is 4.52. The molecule has 35 heavy (non-hydrogen) atoms. The molecule has 2 N–H and O–H groups in total. The number of benzene rings is 1. The Morgan fingerprint density at radius 3 is 2.46 bits per heavy atom. The monoisotopic (exact) mass is 482 g/mol. The topological polar surface area (TPSA) is 121 Å². The van der Waals surface area contributed by atoms with E-state index in [1.165, 1.54) is 21.3 Å². The summed E-state index contributed by atoms with van der Waals surface area (Å²) in [5, 5.41) is 10.0. The van der Waals surface area contributed by atoms with Crippen molar-refractivity contribution in [2.45, 2.75) is 19.4 Å². The minimum Gasteiger partial charge on any atom is -0.493 e. The zero-order chi connectivity index (χ0) is 25.1. The Labute approximate surface area is 204 Å². The maximum Gasteiger partial charge on any atom is 0.258 e. The van der Waals surface area contributed by atoms with Crippen LogP contribution >= 0.6 is 0 Å². The number of nitrogens with zero attached hydrogens (tertiary/aromatic N) is 3. The van der Waals surface area contributed by atoms with Crippen LogP contribution in [0.25, 0.3) is 0 Å². The lowest BCUT2D eigenvalue weighted by Crippen LogP contribution is -2.40. The van der Waals surface area contributed by atoms with Crippen LogP contribution in [0.15, 0.2) is 34.4 Å². The zero-order valence-corrected chi connectivity index (χ0v) is 20.4. The van der Waals surface area contributed by atoms with Crippen LogP contribution < -0.4 is 30.2 Å². The lowest BCUT2D eigenvalue weighted by atomic mass is 9.83. The van der Waals surface area contributed by atoms with E-state index < -0.39 is 5.92 Å². The number of hydrogen-bond acceptors (Lipinski definition) is 9. The molecule has 1 saturated heterocycles. The van der Waals surface area contributed by atoms with Crippen LogP contribution in [0.1, 0.15) is 22.7 Å². The molecule has 1 aromatic carbocycles. The molecule has 2 aliphatic rings. The van der Waals surface area contributed by atoms with Crippen molar-refractivity contribution in [2.75, 3.05) is 54.2 Å². The van der Waals surface area contributed by atoms with Crippen molar-refractivity contribution >= 4 is 0 Å². The van der Waals surface area contributed by atoms with E-state index in [2.05, 4.69) is 11.0 Å². The summed E-state index contributed by atoms with van der Waals surface area (Å²) in [6.45, 7) is 6.07. The van der Waals surface area contributed by atoms with E-state index in [1.807, 2.05) is 6.92 Å². The van der Waals surface area contributed by atoms with Gasteiger partial charge in [-0.3, -0.25) is 9.69 Å². The predicted octanol–water partition coefficient (Wildman–Crippen LogP) is 1.73. The molecule has 10 heteroatoms. The van der Waals surface area contributed by atoms with E-state index in [4.69, 9.17) is 29.4 Å². The molecule has 0 spiro atoms. The number of aromatic nitrogens is 1. The minimum atomic E-state index is -0.804. The number of allylic oxidation sites excluding steroid dienone is 1. The maximum atomic E-state index is 13.9. The fourth-order valence-corrected chi connectivity index (χ4v) is 4.69. The first kappa shape index (κ1) is 24.4. The first-order valence-corrected chi connectivity index (χ1v) is 11.4. The van der Waals surface area contributed by atoms with Crippen molar-refractivity contribution in [1.82, 2.24) is 9.47 Å². The van der Waals surface area contributed by atoms with Crippen molar-refractivity contribution in [3.8, 4) is 29.1 Å². The summed E-state index contributed by atoms with van der Waals surface area (Å²) in [6.07, 6.45) is 0. The summed E-state index contributed by atoms with van der Waals surface area (Å²) in [4.78, 5) is 16.2. The van der Waals surface area contributed by atoms with Crippen LogP contribution in [0, 0.1) is 18.3 Å². The van der Waals surface area contributed by atoms with Gasteiger partial charge in [-0.2, -0.15) is 5.26 Å². The summed E-state index contributed by atoms with van der Waals surface area (Å²) in [6, 6.07) is 7.39. The van der Waals surface area contributed by atoms with Gasteiger partial charge in [-0.25, -0.2) is 0 Å². The predicted molar refractivity (Wildman–Crippen MR) is 128 cm³/mol. The Bertz CT molecular complexity index is 1240. The molecule has 3 heterocycles. The SMILES string of the molecule is COc1ccc([C@H]2C(C#N)=C(N)Oc3cc(C)n(CCN4CCOCC4)c(=O)c32)c(OC)c1OC. The van der Waals surface area contributed by atoms with E-state index in [1.54, 1.807) is 22.8 Å². The maximum absolute atomic E-state index is 13.9. The number of nitriles is 1. The summed E-state index contributed by atoms with van der Waals surface area (Å²) in [5.41, 5.74) is 7.67. The van der Waals surface area contributed by atoms with Crippen LogP contribution in [0.5, 0.6) is 23.0 Å². The molecule has 0 bridgehead atoms. The Morgan fingerprint density at radius 1 is 1.11 bits per heavy atom. The number of methoxy groups -OCH3 is 3. The van der Waals surface area contributed by atoms with E-state index in [9.17, 15) is 10.1 Å². The van der Waals surface area contributed by atoms with Crippen molar-refractivity contribution in [3.63, 3.8) is 0 Å². The molecule has 10 nitrogen and oxygen atoms in total. The average molecular weight is 483 g/mol. The van der Waals surface area contributed by atoms with E-state index in [0.29, 0.717) is 60.4 Å². The third-order valence-corrected chi connectivity index (χ3v) is 6.48. The summed E-state index contributed by atoms with van der Waals surface area (Å²) in [5.74, 6) is 0.644.